The summed E-state index contributed by atoms with van der Waals surface area (Å²) in [5.74, 6) is 4.72. The predicted octanol–water partition coefficient (Wildman–Crippen LogP) is 2.67. The molecule has 4 N–H and O–H groups in total. The number of sulfonamides is 1. The molecule has 2 aromatic rings. The lowest BCUT2D eigenvalue weighted by Crippen LogP contribution is -2.17. The summed E-state index contributed by atoms with van der Waals surface area (Å²) in [7, 11) is -3.86. The quantitative estimate of drug-likeness (QED) is 0.578. The first-order chi connectivity index (χ1) is 9.44. The fraction of sp³-hybridized carbons (Fsp3) is 0. The summed E-state index contributed by atoms with van der Waals surface area (Å²) in [4.78, 5) is -0.0224. The Balaban J connectivity index is 2.38. The summed E-state index contributed by atoms with van der Waals surface area (Å²) in [6.07, 6.45) is 0. The van der Waals surface area contributed by atoms with E-state index in [-0.39, 0.29) is 20.7 Å². The zero-order valence-corrected chi connectivity index (χ0v) is 12.5. The molecule has 2 rings (SSSR count). The van der Waals surface area contributed by atoms with Crippen LogP contribution in [-0.4, -0.2) is 8.42 Å². The maximum Gasteiger partial charge on any atom is 0.264 e. The Bertz CT molecular complexity index is 737. The average Bonchev–Trinajstić information content (AvgIpc) is 2.42. The lowest BCUT2D eigenvalue weighted by atomic mass is 10.3. The van der Waals surface area contributed by atoms with Crippen molar-refractivity contribution in [3.8, 4) is 0 Å². The number of benzene rings is 2. The van der Waals surface area contributed by atoms with Gasteiger partial charge in [-0.1, -0.05) is 12.1 Å². The van der Waals surface area contributed by atoms with Crippen LogP contribution in [0.1, 0.15) is 0 Å². The predicted molar refractivity (Wildman–Crippen MR) is 79.2 cm³/mol. The molecule has 20 heavy (non-hydrogen) atoms. The summed E-state index contributed by atoms with van der Waals surface area (Å²) in [5, 5.41) is 0. The van der Waals surface area contributed by atoms with Gasteiger partial charge in [-0.15, -0.1) is 0 Å². The van der Waals surface area contributed by atoms with Crippen molar-refractivity contribution >= 4 is 37.3 Å². The molecule has 0 fully saturated rings. The first-order valence-electron chi connectivity index (χ1n) is 5.47. The van der Waals surface area contributed by atoms with Crippen LogP contribution in [-0.2, 0) is 10.0 Å². The van der Waals surface area contributed by atoms with Crippen molar-refractivity contribution in [2.24, 2.45) is 5.84 Å². The SMILES string of the molecule is NNc1ccccc1S(=O)(=O)Nc1ccc(Br)c(F)c1. The second kappa shape index (κ2) is 5.78. The summed E-state index contributed by atoms with van der Waals surface area (Å²) in [6.45, 7) is 0. The van der Waals surface area contributed by atoms with E-state index >= 15 is 0 Å². The Labute approximate surface area is 124 Å². The first kappa shape index (κ1) is 14.8. The first-order valence-corrected chi connectivity index (χ1v) is 7.75. The maximum absolute atomic E-state index is 13.4. The normalized spacial score (nSPS) is 11.2. The minimum Gasteiger partial charge on any atom is -0.323 e. The van der Waals surface area contributed by atoms with E-state index in [1.807, 2.05) is 0 Å². The summed E-state index contributed by atoms with van der Waals surface area (Å²) in [6, 6.07) is 10.1. The Morgan fingerprint density at radius 3 is 2.50 bits per heavy atom. The fourth-order valence-electron chi connectivity index (χ4n) is 1.59. The minimum atomic E-state index is -3.86. The van der Waals surface area contributed by atoms with Gasteiger partial charge in [0.15, 0.2) is 0 Å². The maximum atomic E-state index is 13.4. The standard InChI is InChI=1S/C12H11BrFN3O2S/c13-9-6-5-8(7-10(9)14)17-20(18,19)12-4-2-1-3-11(12)16-15/h1-7,16-17H,15H2. The molecule has 5 nitrogen and oxygen atoms in total. The van der Waals surface area contributed by atoms with E-state index in [0.29, 0.717) is 0 Å². The molecule has 0 aromatic heterocycles. The molecule has 0 aliphatic rings. The smallest absolute Gasteiger partial charge is 0.264 e. The van der Waals surface area contributed by atoms with Gasteiger partial charge in [-0.05, 0) is 46.3 Å². The molecule has 2 aromatic carbocycles. The van der Waals surface area contributed by atoms with E-state index in [0.717, 1.165) is 6.07 Å². The van der Waals surface area contributed by atoms with Crippen LogP contribution in [0.4, 0.5) is 15.8 Å². The van der Waals surface area contributed by atoms with Crippen molar-refractivity contribution < 1.29 is 12.8 Å². The molecule has 0 aliphatic carbocycles. The number of hydrogen-bond acceptors (Lipinski definition) is 4. The Morgan fingerprint density at radius 1 is 1.15 bits per heavy atom. The number of nitrogens with two attached hydrogens (primary N) is 1. The van der Waals surface area contributed by atoms with Crippen LogP contribution < -0.4 is 16.0 Å². The number of nitrogens with one attached hydrogen (secondary N) is 2. The number of halogens is 2. The highest BCUT2D eigenvalue weighted by Crippen LogP contribution is 2.25. The van der Waals surface area contributed by atoms with Gasteiger partial charge in [-0.25, -0.2) is 12.8 Å². The van der Waals surface area contributed by atoms with Crippen LogP contribution in [0.3, 0.4) is 0 Å². The minimum absolute atomic E-state index is 0.0224. The number of para-hydroxylation sites is 1. The third-order valence-corrected chi connectivity index (χ3v) is 4.59. The Kier molecular flexibility index (Phi) is 4.26. The monoisotopic (exact) mass is 359 g/mol. The Hall–Kier alpha value is -1.64. The molecule has 8 heteroatoms. The van der Waals surface area contributed by atoms with Gasteiger partial charge >= 0.3 is 0 Å². The van der Waals surface area contributed by atoms with Gasteiger partial charge in [0.05, 0.1) is 15.8 Å². The fourth-order valence-corrected chi connectivity index (χ4v) is 3.06. The molecule has 0 saturated heterocycles. The molecule has 0 atom stereocenters. The molecule has 0 bridgehead atoms. The average molecular weight is 360 g/mol. The number of nitrogen functional groups attached to an aromatic ring is 1. The highest BCUT2D eigenvalue weighted by molar-refractivity contribution is 9.10. The molecule has 106 valence electrons. The zero-order valence-electron chi connectivity index (χ0n) is 10.1. The molecular formula is C12H11BrFN3O2S. The number of hydrogen-bond donors (Lipinski definition) is 3. The van der Waals surface area contributed by atoms with Crippen molar-refractivity contribution in [3.05, 3.63) is 52.8 Å². The van der Waals surface area contributed by atoms with Gasteiger partial charge in [0, 0.05) is 0 Å². The summed E-state index contributed by atoms with van der Waals surface area (Å²) < 4.78 is 40.4. The Morgan fingerprint density at radius 2 is 1.85 bits per heavy atom. The van der Waals surface area contributed by atoms with Gasteiger partial charge in [0.1, 0.15) is 10.7 Å². The van der Waals surface area contributed by atoms with E-state index in [1.54, 1.807) is 12.1 Å². The van der Waals surface area contributed by atoms with Crippen LogP contribution in [0.5, 0.6) is 0 Å². The molecule has 0 radical (unpaired) electrons. The lowest BCUT2D eigenvalue weighted by Gasteiger charge is -2.12. The van der Waals surface area contributed by atoms with E-state index in [2.05, 4.69) is 26.1 Å². The molecule has 0 heterocycles. The van der Waals surface area contributed by atoms with Crippen LogP contribution in [0.25, 0.3) is 0 Å². The molecule has 0 aliphatic heterocycles. The van der Waals surface area contributed by atoms with Gasteiger partial charge in [0.2, 0.25) is 0 Å². The second-order valence-corrected chi connectivity index (χ2v) is 6.38. The van der Waals surface area contributed by atoms with Crippen LogP contribution in [0.2, 0.25) is 0 Å². The van der Waals surface area contributed by atoms with Crippen LogP contribution >= 0.6 is 15.9 Å². The van der Waals surface area contributed by atoms with E-state index in [4.69, 9.17) is 5.84 Å². The molecule has 0 unspecified atom stereocenters. The van der Waals surface area contributed by atoms with Crippen molar-refractivity contribution in [1.82, 2.24) is 0 Å². The van der Waals surface area contributed by atoms with Crippen molar-refractivity contribution in [2.75, 3.05) is 10.1 Å². The van der Waals surface area contributed by atoms with Crippen LogP contribution in [0, 0.1) is 5.82 Å². The van der Waals surface area contributed by atoms with Crippen molar-refractivity contribution in [1.29, 1.82) is 0 Å². The van der Waals surface area contributed by atoms with E-state index in [1.165, 1.54) is 24.3 Å². The van der Waals surface area contributed by atoms with Gasteiger partial charge in [0.25, 0.3) is 10.0 Å². The third kappa shape index (κ3) is 3.09. The zero-order chi connectivity index (χ0) is 14.8. The highest BCUT2D eigenvalue weighted by atomic mass is 79.9. The van der Waals surface area contributed by atoms with Crippen molar-refractivity contribution in [3.63, 3.8) is 0 Å². The lowest BCUT2D eigenvalue weighted by molar-refractivity contribution is 0.601. The van der Waals surface area contributed by atoms with Crippen molar-refractivity contribution in [2.45, 2.75) is 4.90 Å². The van der Waals surface area contributed by atoms with Crippen LogP contribution in [0.15, 0.2) is 51.8 Å². The number of rotatable bonds is 4. The second-order valence-electron chi connectivity index (χ2n) is 3.87. The topological polar surface area (TPSA) is 84.2 Å². The van der Waals surface area contributed by atoms with E-state index < -0.39 is 15.8 Å². The molecule has 0 spiro atoms. The largest absolute Gasteiger partial charge is 0.323 e. The summed E-state index contributed by atoms with van der Waals surface area (Å²) >= 11 is 3.00. The van der Waals surface area contributed by atoms with Gasteiger partial charge < -0.3 is 5.43 Å². The van der Waals surface area contributed by atoms with Gasteiger partial charge in [-0.3, -0.25) is 10.6 Å². The molecule has 0 amide bonds. The molecule has 0 saturated carbocycles. The van der Waals surface area contributed by atoms with E-state index in [9.17, 15) is 12.8 Å². The summed E-state index contributed by atoms with van der Waals surface area (Å²) in [5.41, 5.74) is 2.68. The number of anilines is 2. The van der Waals surface area contributed by atoms with Gasteiger partial charge in [-0.2, -0.15) is 0 Å². The number of hydrazine groups is 1. The third-order valence-electron chi connectivity index (χ3n) is 2.50. The molecular weight excluding hydrogens is 349 g/mol. The highest BCUT2D eigenvalue weighted by Gasteiger charge is 2.18.